The molecule has 0 radical (unpaired) electrons. The lowest BCUT2D eigenvalue weighted by Crippen LogP contribution is -2.03. The van der Waals surface area contributed by atoms with Crippen molar-refractivity contribution in [2.75, 3.05) is 18.4 Å². The normalized spacial score (nSPS) is 10.4. The Kier molecular flexibility index (Phi) is 5.78. The number of hydrogen-bond donors (Lipinski definition) is 2. The zero-order valence-electron chi connectivity index (χ0n) is 9.31. The van der Waals surface area contributed by atoms with Crippen LogP contribution in [0.25, 0.3) is 0 Å². The van der Waals surface area contributed by atoms with Crippen LogP contribution >= 0.6 is 0 Å². The summed E-state index contributed by atoms with van der Waals surface area (Å²) in [6.07, 6.45) is 4.29. The maximum atomic E-state index is 12.8. The highest BCUT2D eigenvalue weighted by molar-refractivity contribution is 5.43. The Morgan fingerprint density at radius 2 is 1.75 bits per heavy atom. The molecule has 4 heteroatoms. The van der Waals surface area contributed by atoms with Gasteiger partial charge in [-0.3, -0.25) is 0 Å². The number of nitrogens with one attached hydrogen (secondary N) is 1. The Hall–Kier alpha value is -1.16. The Labute approximate surface area is 94.8 Å². The topological polar surface area (TPSA) is 38.0 Å². The summed E-state index contributed by atoms with van der Waals surface area (Å²) in [7, 11) is 0. The van der Waals surface area contributed by atoms with E-state index in [1.165, 1.54) is 12.1 Å². The number of rotatable bonds is 7. The summed E-state index contributed by atoms with van der Waals surface area (Å²) in [6.45, 7) is 1.51. The molecule has 3 N–H and O–H groups in total. The standard InChI is InChI=1S/C12H18F2N2/c13-11-6-5-10(9-12(11)14)16-8-4-2-1-3-7-15/h5-6,9,16H,1-4,7-8,15H2. The van der Waals surface area contributed by atoms with E-state index in [0.29, 0.717) is 5.69 Å². The molecule has 1 aromatic rings. The number of hydrogen-bond acceptors (Lipinski definition) is 2. The SMILES string of the molecule is NCCCCCCNc1ccc(F)c(F)c1. The first-order valence-electron chi connectivity index (χ1n) is 5.63. The van der Waals surface area contributed by atoms with Crippen molar-refractivity contribution in [3.05, 3.63) is 29.8 Å². The molecule has 0 heterocycles. The van der Waals surface area contributed by atoms with Gasteiger partial charge >= 0.3 is 0 Å². The summed E-state index contributed by atoms with van der Waals surface area (Å²) in [5.74, 6) is -1.62. The lowest BCUT2D eigenvalue weighted by atomic mass is 10.2. The largest absolute Gasteiger partial charge is 0.385 e. The number of unbranched alkanes of at least 4 members (excludes halogenated alkanes) is 3. The molecule has 0 amide bonds. The molecular formula is C12H18F2N2. The van der Waals surface area contributed by atoms with E-state index >= 15 is 0 Å². The molecule has 0 saturated carbocycles. The van der Waals surface area contributed by atoms with Gasteiger partial charge in [-0.2, -0.15) is 0 Å². The van der Waals surface area contributed by atoms with Crippen molar-refractivity contribution in [2.45, 2.75) is 25.7 Å². The van der Waals surface area contributed by atoms with Crippen molar-refractivity contribution in [3.63, 3.8) is 0 Å². The van der Waals surface area contributed by atoms with E-state index in [-0.39, 0.29) is 0 Å². The number of anilines is 1. The number of benzene rings is 1. The minimum Gasteiger partial charge on any atom is -0.385 e. The third kappa shape index (κ3) is 4.57. The Morgan fingerprint density at radius 1 is 1.00 bits per heavy atom. The highest BCUT2D eigenvalue weighted by Crippen LogP contribution is 2.13. The van der Waals surface area contributed by atoms with Crippen LogP contribution in [0.1, 0.15) is 25.7 Å². The summed E-state index contributed by atoms with van der Waals surface area (Å²) >= 11 is 0. The van der Waals surface area contributed by atoms with Crippen LogP contribution in [0.3, 0.4) is 0 Å². The predicted octanol–water partition coefficient (Wildman–Crippen LogP) is 2.90. The molecule has 1 aromatic carbocycles. The van der Waals surface area contributed by atoms with Gasteiger partial charge in [0, 0.05) is 12.2 Å². The van der Waals surface area contributed by atoms with Gasteiger partial charge in [0.25, 0.3) is 0 Å². The van der Waals surface area contributed by atoms with Crippen LogP contribution in [-0.2, 0) is 0 Å². The third-order valence-electron chi connectivity index (χ3n) is 2.38. The highest BCUT2D eigenvalue weighted by Gasteiger charge is 2.01. The first-order valence-corrected chi connectivity index (χ1v) is 5.63. The van der Waals surface area contributed by atoms with Gasteiger partial charge in [0.1, 0.15) is 0 Å². The summed E-state index contributed by atoms with van der Waals surface area (Å²) < 4.78 is 25.4. The summed E-state index contributed by atoms with van der Waals surface area (Å²) in [4.78, 5) is 0. The van der Waals surface area contributed by atoms with Gasteiger partial charge in [0.05, 0.1) is 0 Å². The number of halogens is 2. The Balaban J connectivity index is 2.19. The summed E-state index contributed by atoms with van der Waals surface area (Å²) in [6, 6.07) is 3.85. The molecule has 0 atom stereocenters. The maximum Gasteiger partial charge on any atom is 0.160 e. The first-order chi connectivity index (χ1) is 7.74. The van der Waals surface area contributed by atoms with Gasteiger partial charge < -0.3 is 11.1 Å². The third-order valence-corrected chi connectivity index (χ3v) is 2.38. The van der Waals surface area contributed by atoms with E-state index in [2.05, 4.69) is 5.32 Å². The fourth-order valence-electron chi connectivity index (χ4n) is 1.46. The minimum absolute atomic E-state index is 0.623. The molecule has 2 nitrogen and oxygen atoms in total. The molecule has 1 rings (SSSR count). The monoisotopic (exact) mass is 228 g/mol. The zero-order chi connectivity index (χ0) is 11.8. The molecule has 16 heavy (non-hydrogen) atoms. The molecule has 0 unspecified atom stereocenters. The van der Waals surface area contributed by atoms with Crippen molar-refractivity contribution in [3.8, 4) is 0 Å². The molecule has 0 spiro atoms. The van der Waals surface area contributed by atoms with Crippen molar-refractivity contribution in [1.29, 1.82) is 0 Å². The van der Waals surface area contributed by atoms with Crippen molar-refractivity contribution in [1.82, 2.24) is 0 Å². The van der Waals surface area contributed by atoms with Gasteiger partial charge in [0.15, 0.2) is 11.6 Å². The lowest BCUT2D eigenvalue weighted by Gasteiger charge is -2.06. The molecule has 0 saturated heterocycles. The molecule has 0 aliphatic rings. The first kappa shape index (κ1) is 12.9. The average molecular weight is 228 g/mol. The quantitative estimate of drug-likeness (QED) is 0.704. The van der Waals surface area contributed by atoms with E-state index in [1.54, 1.807) is 0 Å². The van der Waals surface area contributed by atoms with Crippen LogP contribution in [0.5, 0.6) is 0 Å². The Bertz CT molecular complexity index is 316. The lowest BCUT2D eigenvalue weighted by molar-refractivity contribution is 0.509. The predicted molar refractivity (Wildman–Crippen MR) is 62.4 cm³/mol. The molecule has 0 aromatic heterocycles. The molecule has 90 valence electrons. The highest BCUT2D eigenvalue weighted by atomic mass is 19.2. The molecular weight excluding hydrogens is 210 g/mol. The van der Waals surface area contributed by atoms with Crippen LogP contribution in [0.2, 0.25) is 0 Å². The van der Waals surface area contributed by atoms with Gasteiger partial charge in [-0.05, 0) is 37.6 Å². The molecule has 0 bridgehead atoms. The van der Waals surface area contributed by atoms with Crippen molar-refractivity contribution in [2.24, 2.45) is 5.73 Å². The second-order valence-corrected chi connectivity index (χ2v) is 3.76. The molecule has 0 aliphatic heterocycles. The van der Waals surface area contributed by atoms with Crippen LogP contribution in [-0.4, -0.2) is 13.1 Å². The van der Waals surface area contributed by atoms with Gasteiger partial charge in [0.2, 0.25) is 0 Å². The van der Waals surface area contributed by atoms with Crippen LogP contribution in [0.4, 0.5) is 14.5 Å². The minimum atomic E-state index is -0.812. The van der Waals surface area contributed by atoms with Gasteiger partial charge in [-0.25, -0.2) is 8.78 Å². The van der Waals surface area contributed by atoms with E-state index in [9.17, 15) is 8.78 Å². The van der Waals surface area contributed by atoms with Crippen LogP contribution < -0.4 is 11.1 Å². The van der Waals surface area contributed by atoms with E-state index in [0.717, 1.165) is 44.8 Å². The molecule has 0 aliphatic carbocycles. The smallest absolute Gasteiger partial charge is 0.160 e. The van der Waals surface area contributed by atoms with Gasteiger partial charge in [-0.1, -0.05) is 12.8 Å². The van der Waals surface area contributed by atoms with Crippen LogP contribution in [0.15, 0.2) is 18.2 Å². The second-order valence-electron chi connectivity index (χ2n) is 3.76. The van der Waals surface area contributed by atoms with Crippen molar-refractivity contribution >= 4 is 5.69 Å². The molecule has 0 fully saturated rings. The summed E-state index contributed by atoms with van der Waals surface area (Å²) in [5.41, 5.74) is 6.00. The fourth-order valence-corrected chi connectivity index (χ4v) is 1.46. The van der Waals surface area contributed by atoms with E-state index in [4.69, 9.17) is 5.73 Å². The fraction of sp³-hybridized carbons (Fsp3) is 0.500. The second kappa shape index (κ2) is 7.17. The maximum absolute atomic E-state index is 12.8. The zero-order valence-corrected chi connectivity index (χ0v) is 9.31. The van der Waals surface area contributed by atoms with E-state index in [1.807, 2.05) is 0 Å². The van der Waals surface area contributed by atoms with Crippen LogP contribution in [0, 0.1) is 11.6 Å². The van der Waals surface area contributed by atoms with E-state index < -0.39 is 11.6 Å². The summed E-state index contributed by atoms with van der Waals surface area (Å²) in [5, 5.41) is 3.05. The average Bonchev–Trinajstić information content (AvgIpc) is 2.28. The number of nitrogens with two attached hydrogens (primary N) is 1. The van der Waals surface area contributed by atoms with Gasteiger partial charge in [-0.15, -0.1) is 0 Å². The Morgan fingerprint density at radius 3 is 2.44 bits per heavy atom. The van der Waals surface area contributed by atoms with Crippen molar-refractivity contribution < 1.29 is 8.78 Å².